The van der Waals surface area contributed by atoms with Crippen molar-refractivity contribution in [3.05, 3.63) is 241 Å². The first-order valence-electron chi connectivity index (χ1n) is 27.0. The highest BCUT2D eigenvalue weighted by molar-refractivity contribution is 6.11. The van der Waals surface area contributed by atoms with Crippen LogP contribution in [0.2, 0.25) is 0 Å². The van der Waals surface area contributed by atoms with E-state index in [0.717, 1.165) is 89.1 Å². The first kappa shape index (κ1) is 43.0. The Balaban J connectivity index is 0.980. The predicted molar refractivity (Wildman–Crippen MR) is 311 cm³/mol. The van der Waals surface area contributed by atoms with Crippen LogP contribution in [-0.4, -0.2) is 16.2 Å². The van der Waals surface area contributed by atoms with Crippen molar-refractivity contribution in [2.75, 3.05) is 16.5 Å². The third-order valence-electron chi connectivity index (χ3n) is 14.6. The minimum Gasteiger partial charge on any atom is -0.457 e. The molecule has 0 bridgehead atoms. The van der Waals surface area contributed by atoms with E-state index in [9.17, 15) is 0 Å². The zero-order valence-electron chi connectivity index (χ0n) is 45.8. The minimum atomic E-state index is -2.40. The highest BCUT2D eigenvalue weighted by Gasteiger charge is 2.32. The molecule has 5 heteroatoms. The molecule has 12 rings (SSSR count). The molecule has 0 amide bonds. The van der Waals surface area contributed by atoms with Gasteiger partial charge in [0.2, 0.25) is 0 Å². The molecule has 74 heavy (non-hydrogen) atoms. The maximum atomic E-state index is 8.71. The lowest BCUT2D eigenvalue weighted by Crippen LogP contribution is -2.25. The summed E-state index contributed by atoms with van der Waals surface area (Å²) in [6, 6.07) is 76.2. The van der Waals surface area contributed by atoms with E-state index in [1.54, 1.807) is 12.3 Å². The smallest absolute Gasteiger partial charge is 0.137 e. The summed E-state index contributed by atoms with van der Waals surface area (Å²) in [7, 11) is 0. The zero-order valence-corrected chi connectivity index (χ0v) is 42.8. The molecule has 0 saturated carbocycles. The van der Waals surface area contributed by atoms with Crippen LogP contribution < -0.4 is 14.5 Å². The topological polar surface area (TPSA) is 33.5 Å². The Morgan fingerprint density at radius 3 is 1.69 bits per heavy atom. The Labute approximate surface area is 439 Å². The normalized spacial score (nSPS) is 13.5. The third kappa shape index (κ3) is 8.58. The van der Waals surface area contributed by atoms with E-state index >= 15 is 0 Å². The van der Waals surface area contributed by atoms with Crippen molar-refractivity contribution in [2.45, 2.75) is 59.2 Å². The van der Waals surface area contributed by atoms with Gasteiger partial charge in [-0.05, 0) is 117 Å². The highest BCUT2D eigenvalue weighted by Crippen LogP contribution is 2.51. The maximum Gasteiger partial charge on any atom is 0.137 e. The number of aromatic nitrogens is 2. The molecule has 1 aliphatic rings. The van der Waals surface area contributed by atoms with Crippen molar-refractivity contribution < 1.29 is 8.85 Å². The zero-order chi connectivity index (χ0) is 53.2. The lowest BCUT2D eigenvalue weighted by molar-refractivity contribution is 0.479. The van der Waals surface area contributed by atoms with Crippen molar-refractivity contribution in [3.8, 4) is 61.8 Å². The molecule has 2 aromatic heterocycles. The molecule has 11 aromatic rings. The molecule has 0 aliphatic carbocycles. The molecule has 9 aromatic carbocycles. The van der Waals surface area contributed by atoms with E-state index in [-0.39, 0.29) is 16.4 Å². The molecule has 0 unspecified atom stereocenters. The number of ether oxygens (including phenoxy) is 1. The Kier molecular flexibility index (Phi) is 10.7. The first-order valence-corrected chi connectivity index (χ1v) is 25.5. The Hall–Kier alpha value is -8.67. The maximum absolute atomic E-state index is 8.71. The first-order chi connectivity index (χ1) is 37.1. The molecule has 0 fully saturated rings. The molecule has 362 valence electrons. The average Bonchev–Trinajstić information content (AvgIpc) is 4.03. The standard InChI is InChI=1S/C69H60N4O/c1-46-38-66(70-44-61(46)49-24-15-10-16-25-49)73-62-37-32-51(47-20-11-8-12-21-47)39-60(62)59-36-35-55(43-65(59)73)74-56-41-53(69(5,6)7)40-54(42-56)71-45-72(64-29-18-17-28-63(64)71)67-57(48-22-13-9-14-23-48)26-19-27-58(67)50-30-33-52(34-31-50)68(2,3)4/h8-44H,45H2,1-7H3/i1D3. The van der Waals surface area contributed by atoms with Crippen LogP contribution in [0.3, 0.4) is 0 Å². The van der Waals surface area contributed by atoms with Gasteiger partial charge in [-0.15, -0.1) is 0 Å². The summed E-state index contributed by atoms with van der Waals surface area (Å²) >= 11 is 0. The van der Waals surface area contributed by atoms with Gasteiger partial charge in [0.1, 0.15) is 24.0 Å². The van der Waals surface area contributed by atoms with E-state index in [0.29, 0.717) is 29.5 Å². The minimum absolute atomic E-state index is 0.0342. The van der Waals surface area contributed by atoms with Gasteiger partial charge < -0.3 is 14.5 Å². The average molecular weight is 964 g/mol. The number of para-hydroxylation sites is 3. The van der Waals surface area contributed by atoms with Crippen molar-refractivity contribution >= 4 is 44.6 Å². The summed E-state index contributed by atoms with van der Waals surface area (Å²) in [5, 5.41) is 2.01. The largest absolute Gasteiger partial charge is 0.457 e. The molecule has 5 nitrogen and oxygen atoms in total. The Bertz CT molecular complexity index is 3990. The van der Waals surface area contributed by atoms with Gasteiger partial charge in [-0.25, -0.2) is 4.98 Å². The monoisotopic (exact) mass is 963 g/mol. The quantitative estimate of drug-likeness (QED) is 0.144. The molecule has 0 radical (unpaired) electrons. The fourth-order valence-corrected chi connectivity index (χ4v) is 10.6. The molecular weight excluding hydrogens is 901 g/mol. The van der Waals surface area contributed by atoms with E-state index in [4.69, 9.17) is 13.8 Å². The summed E-state index contributed by atoms with van der Waals surface area (Å²) in [5.74, 6) is 1.85. The summed E-state index contributed by atoms with van der Waals surface area (Å²) in [5.41, 5.74) is 16.8. The van der Waals surface area contributed by atoms with E-state index in [1.807, 2.05) is 54.6 Å². The predicted octanol–water partition coefficient (Wildman–Crippen LogP) is 18.8. The second kappa shape index (κ2) is 18.4. The molecule has 3 heterocycles. The molecular formula is C69H60N4O. The molecule has 0 atom stereocenters. The van der Waals surface area contributed by atoms with Crippen LogP contribution in [0.4, 0.5) is 22.7 Å². The lowest BCUT2D eigenvalue weighted by atomic mass is 9.86. The summed E-state index contributed by atoms with van der Waals surface area (Å²) in [6.07, 6.45) is 1.70. The van der Waals surface area contributed by atoms with Crippen molar-refractivity contribution in [3.63, 3.8) is 0 Å². The van der Waals surface area contributed by atoms with Gasteiger partial charge in [0.15, 0.2) is 0 Å². The number of benzene rings is 9. The summed E-state index contributed by atoms with van der Waals surface area (Å²) in [6.45, 7) is 11.7. The van der Waals surface area contributed by atoms with Crippen molar-refractivity contribution in [2.24, 2.45) is 0 Å². The number of hydrogen-bond acceptors (Lipinski definition) is 4. The third-order valence-corrected chi connectivity index (χ3v) is 14.6. The Morgan fingerprint density at radius 1 is 0.446 bits per heavy atom. The second-order valence-electron chi connectivity index (χ2n) is 21.5. The van der Waals surface area contributed by atoms with Gasteiger partial charge in [0, 0.05) is 55.6 Å². The molecule has 0 spiro atoms. The number of pyridine rings is 1. The van der Waals surface area contributed by atoms with Gasteiger partial charge in [0.05, 0.1) is 28.1 Å². The van der Waals surface area contributed by atoms with Gasteiger partial charge in [0.25, 0.3) is 0 Å². The second-order valence-corrected chi connectivity index (χ2v) is 21.5. The van der Waals surface area contributed by atoms with Crippen LogP contribution in [0.25, 0.3) is 72.1 Å². The summed E-state index contributed by atoms with van der Waals surface area (Å²) < 4.78 is 35.3. The number of hydrogen-bond donors (Lipinski definition) is 0. The number of rotatable bonds is 9. The Morgan fingerprint density at radius 2 is 1.04 bits per heavy atom. The van der Waals surface area contributed by atoms with Gasteiger partial charge in [-0.1, -0.05) is 193 Å². The van der Waals surface area contributed by atoms with E-state index < -0.39 is 6.85 Å². The molecule has 0 saturated heterocycles. The fraction of sp³-hybridized carbons (Fsp3) is 0.145. The van der Waals surface area contributed by atoms with Gasteiger partial charge >= 0.3 is 0 Å². The number of fused-ring (bicyclic) bond motifs is 4. The molecule has 1 aliphatic heterocycles. The SMILES string of the molecule is [2H]C([2H])([2H])c1cc(-n2c3ccc(-c4ccccc4)cc3c3ccc(Oc4cc(N5CN(c6c(-c7ccccc7)cccc6-c6ccc(C(C)(C)C)cc6)c6ccccc65)cc(C(C)(C)C)c4)cc32)ncc1-c1ccccc1. The van der Waals surface area contributed by atoms with Gasteiger partial charge in [-0.2, -0.15) is 0 Å². The number of nitrogens with zero attached hydrogens (tertiary/aromatic N) is 4. The van der Waals surface area contributed by atoms with Crippen LogP contribution >= 0.6 is 0 Å². The van der Waals surface area contributed by atoms with Crippen molar-refractivity contribution in [1.29, 1.82) is 0 Å². The van der Waals surface area contributed by atoms with Crippen LogP contribution in [0.15, 0.2) is 225 Å². The van der Waals surface area contributed by atoms with Crippen LogP contribution in [0.5, 0.6) is 11.5 Å². The molecule has 0 N–H and O–H groups in total. The van der Waals surface area contributed by atoms with E-state index in [1.165, 1.54) is 5.56 Å². The highest BCUT2D eigenvalue weighted by atomic mass is 16.5. The van der Waals surface area contributed by atoms with Crippen LogP contribution in [0, 0.1) is 6.85 Å². The number of anilines is 4. The fourth-order valence-electron chi connectivity index (χ4n) is 10.6. The van der Waals surface area contributed by atoms with E-state index in [2.05, 4.69) is 214 Å². The van der Waals surface area contributed by atoms with Gasteiger partial charge in [-0.3, -0.25) is 4.57 Å². The lowest BCUT2D eigenvalue weighted by Gasteiger charge is -2.28. The van der Waals surface area contributed by atoms with Crippen LogP contribution in [0.1, 0.15) is 62.3 Å². The summed E-state index contributed by atoms with van der Waals surface area (Å²) in [4.78, 5) is 9.91. The number of aryl methyl sites for hydroxylation is 1. The van der Waals surface area contributed by atoms with Crippen molar-refractivity contribution in [1.82, 2.24) is 9.55 Å². The van der Waals surface area contributed by atoms with Crippen LogP contribution in [-0.2, 0) is 10.8 Å².